The van der Waals surface area contributed by atoms with Gasteiger partial charge in [0.05, 0.1) is 23.4 Å². The molecule has 2 amide bonds. The molecule has 0 radical (unpaired) electrons. The number of carbonyl (C=O) groups is 3. The Morgan fingerprint density at radius 1 is 1.06 bits per heavy atom. The van der Waals surface area contributed by atoms with E-state index >= 15 is 0 Å². The number of benzene rings is 2. The third kappa shape index (κ3) is 4.29. The van der Waals surface area contributed by atoms with E-state index in [2.05, 4.69) is 15.6 Å². The first-order valence-electron chi connectivity index (χ1n) is 8.89. The van der Waals surface area contributed by atoms with E-state index in [1.807, 2.05) is 24.3 Å². The van der Waals surface area contributed by atoms with Crippen LogP contribution in [0.4, 0.5) is 10.8 Å². The minimum Gasteiger partial charge on any atom is -0.465 e. The van der Waals surface area contributed by atoms with Crippen LogP contribution in [-0.4, -0.2) is 29.9 Å². The number of anilines is 2. The third-order valence-electron chi connectivity index (χ3n) is 4.33. The summed E-state index contributed by atoms with van der Waals surface area (Å²) in [5, 5.41) is 8.62. The second kappa shape index (κ2) is 8.84. The fraction of sp³-hybridized carbons (Fsp3) is 0.0476. The molecule has 0 atom stereocenters. The number of nitrogens with zero attached hydrogens (tertiary/aromatic N) is 1. The molecule has 0 aliphatic carbocycles. The molecule has 0 saturated heterocycles. The zero-order valence-corrected chi connectivity index (χ0v) is 18.4. The van der Waals surface area contributed by atoms with Crippen molar-refractivity contribution in [2.24, 2.45) is 0 Å². The van der Waals surface area contributed by atoms with Crippen LogP contribution in [0.15, 0.2) is 54.0 Å². The van der Waals surface area contributed by atoms with Crippen molar-refractivity contribution >= 4 is 73.0 Å². The van der Waals surface area contributed by atoms with Crippen LogP contribution in [0.25, 0.3) is 10.1 Å². The SMILES string of the molecule is COC(=O)c1ccc(C(=O)Nc2nccs2)cc1NC(=O)c1sc2ccccc2c1Cl. The van der Waals surface area contributed by atoms with Gasteiger partial charge in [-0.05, 0) is 24.3 Å². The zero-order chi connectivity index (χ0) is 22.0. The Kier molecular flexibility index (Phi) is 5.99. The molecular weight excluding hydrogens is 458 g/mol. The smallest absolute Gasteiger partial charge is 0.339 e. The third-order valence-corrected chi connectivity index (χ3v) is 6.69. The number of carbonyl (C=O) groups excluding carboxylic acids is 3. The summed E-state index contributed by atoms with van der Waals surface area (Å²) in [6.07, 6.45) is 1.57. The monoisotopic (exact) mass is 471 g/mol. The summed E-state index contributed by atoms with van der Waals surface area (Å²) >= 11 is 8.91. The summed E-state index contributed by atoms with van der Waals surface area (Å²) in [4.78, 5) is 42.0. The lowest BCUT2D eigenvalue weighted by Gasteiger charge is -2.11. The van der Waals surface area contributed by atoms with E-state index in [9.17, 15) is 14.4 Å². The number of methoxy groups -OCH3 is 1. The quantitative estimate of drug-likeness (QED) is 0.385. The lowest BCUT2D eigenvalue weighted by molar-refractivity contribution is 0.0601. The van der Waals surface area contributed by atoms with E-state index in [4.69, 9.17) is 16.3 Å². The molecule has 0 saturated carbocycles. The highest BCUT2D eigenvalue weighted by Crippen LogP contribution is 2.35. The van der Waals surface area contributed by atoms with Crippen molar-refractivity contribution in [1.82, 2.24) is 4.98 Å². The summed E-state index contributed by atoms with van der Waals surface area (Å²) in [5.74, 6) is -1.57. The van der Waals surface area contributed by atoms with Crippen LogP contribution in [0.2, 0.25) is 5.02 Å². The van der Waals surface area contributed by atoms with Gasteiger partial charge in [0.1, 0.15) is 4.88 Å². The second-order valence-electron chi connectivity index (χ2n) is 6.24. The van der Waals surface area contributed by atoms with Gasteiger partial charge in [0, 0.05) is 27.2 Å². The minimum atomic E-state index is -0.649. The Labute approximate surface area is 189 Å². The molecule has 2 aromatic carbocycles. The molecule has 31 heavy (non-hydrogen) atoms. The maximum Gasteiger partial charge on any atom is 0.339 e. The molecule has 156 valence electrons. The zero-order valence-electron chi connectivity index (χ0n) is 16.0. The van der Waals surface area contributed by atoms with Gasteiger partial charge in [-0.25, -0.2) is 9.78 Å². The number of aromatic nitrogens is 1. The highest BCUT2D eigenvalue weighted by atomic mass is 35.5. The summed E-state index contributed by atoms with van der Waals surface area (Å²) in [6, 6.07) is 11.7. The summed E-state index contributed by atoms with van der Waals surface area (Å²) in [5.41, 5.74) is 0.483. The molecule has 2 heterocycles. The van der Waals surface area contributed by atoms with Crippen molar-refractivity contribution in [1.29, 1.82) is 0 Å². The summed E-state index contributed by atoms with van der Waals surface area (Å²) in [7, 11) is 1.24. The average molecular weight is 472 g/mol. The predicted octanol–water partition coefficient (Wildman–Crippen LogP) is 5.30. The first kappa shape index (κ1) is 21.0. The molecule has 0 spiro atoms. The molecule has 4 aromatic rings. The van der Waals surface area contributed by atoms with Gasteiger partial charge in [-0.3, -0.25) is 14.9 Å². The lowest BCUT2D eigenvalue weighted by Crippen LogP contribution is -2.17. The van der Waals surface area contributed by atoms with Gasteiger partial charge >= 0.3 is 5.97 Å². The van der Waals surface area contributed by atoms with Crippen LogP contribution in [0.5, 0.6) is 0 Å². The fourth-order valence-corrected chi connectivity index (χ4v) is 4.81. The number of ether oxygens (including phenoxy) is 1. The highest BCUT2D eigenvalue weighted by Gasteiger charge is 2.21. The Bertz CT molecular complexity index is 1300. The van der Waals surface area contributed by atoms with Crippen molar-refractivity contribution in [3.05, 3.63) is 75.1 Å². The van der Waals surface area contributed by atoms with E-state index < -0.39 is 17.8 Å². The van der Waals surface area contributed by atoms with Crippen LogP contribution in [0.3, 0.4) is 0 Å². The van der Waals surface area contributed by atoms with Crippen LogP contribution in [-0.2, 0) is 4.74 Å². The van der Waals surface area contributed by atoms with Gasteiger partial charge in [0.25, 0.3) is 11.8 Å². The number of hydrogen-bond acceptors (Lipinski definition) is 7. The maximum atomic E-state index is 13.0. The molecule has 0 fully saturated rings. The van der Waals surface area contributed by atoms with Gasteiger partial charge in [0.2, 0.25) is 0 Å². The van der Waals surface area contributed by atoms with Gasteiger partial charge in [-0.1, -0.05) is 29.8 Å². The number of esters is 1. The minimum absolute atomic E-state index is 0.110. The number of nitrogens with one attached hydrogen (secondary N) is 2. The molecule has 4 rings (SSSR count). The summed E-state index contributed by atoms with van der Waals surface area (Å²) in [6.45, 7) is 0. The van der Waals surface area contributed by atoms with E-state index in [1.54, 1.807) is 11.6 Å². The number of amides is 2. The van der Waals surface area contributed by atoms with Crippen LogP contribution >= 0.6 is 34.3 Å². The molecule has 0 unspecified atom stereocenters. The van der Waals surface area contributed by atoms with Gasteiger partial charge in [0.15, 0.2) is 5.13 Å². The molecular formula is C21H14ClN3O4S2. The lowest BCUT2D eigenvalue weighted by atomic mass is 10.1. The molecule has 2 aromatic heterocycles. The molecule has 0 aliphatic heterocycles. The highest BCUT2D eigenvalue weighted by molar-refractivity contribution is 7.21. The topological polar surface area (TPSA) is 97.4 Å². The molecule has 7 nitrogen and oxygen atoms in total. The van der Waals surface area contributed by atoms with Crippen LogP contribution in [0, 0.1) is 0 Å². The number of hydrogen-bond donors (Lipinski definition) is 2. The number of rotatable bonds is 5. The molecule has 0 aliphatic rings. The number of halogens is 1. The van der Waals surface area contributed by atoms with Crippen molar-refractivity contribution in [3.63, 3.8) is 0 Å². The average Bonchev–Trinajstić information content (AvgIpc) is 3.41. The van der Waals surface area contributed by atoms with Crippen molar-refractivity contribution in [2.75, 3.05) is 17.7 Å². The first-order valence-corrected chi connectivity index (χ1v) is 11.0. The molecule has 0 bridgehead atoms. The largest absolute Gasteiger partial charge is 0.465 e. The van der Waals surface area contributed by atoms with E-state index in [0.29, 0.717) is 15.0 Å². The van der Waals surface area contributed by atoms with E-state index in [-0.39, 0.29) is 16.8 Å². The molecule has 10 heteroatoms. The second-order valence-corrected chi connectivity index (χ2v) is 8.56. The summed E-state index contributed by atoms with van der Waals surface area (Å²) < 4.78 is 5.66. The van der Waals surface area contributed by atoms with Gasteiger partial charge in [-0.15, -0.1) is 22.7 Å². The van der Waals surface area contributed by atoms with E-state index in [0.717, 1.165) is 10.1 Å². The maximum absolute atomic E-state index is 13.0. The van der Waals surface area contributed by atoms with Crippen molar-refractivity contribution < 1.29 is 19.1 Å². The standard InChI is InChI=1S/C21H14ClN3O4S2/c1-29-20(28)12-7-6-11(18(26)25-21-23-8-9-30-21)10-14(12)24-19(27)17-16(22)13-4-2-3-5-15(13)31-17/h2-10H,1H3,(H,24,27)(H,23,25,26). The van der Waals surface area contributed by atoms with E-state index in [1.165, 1.54) is 48.0 Å². The Hall–Kier alpha value is -3.27. The van der Waals surface area contributed by atoms with Crippen molar-refractivity contribution in [3.8, 4) is 0 Å². The number of thiophene rings is 1. The van der Waals surface area contributed by atoms with Crippen LogP contribution in [0.1, 0.15) is 30.4 Å². The van der Waals surface area contributed by atoms with Crippen molar-refractivity contribution in [2.45, 2.75) is 0 Å². The van der Waals surface area contributed by atoms with Gasteiger partial charge < -0.3 is 10.1 Å². The Balaban J connectivity index is 1.67. The number of fused-ring (bicyclic) bond motifs is 1. The molecule has 2 N–H and O–H groups in total. The predicted molar refractivity (Wildman–Crippen MR) is 123 cm³/mol. The Morgan fingerprint density at radius 3 is 2.58 bits per heavy atom. The fourth-order valence-electron chi connectivity index (χ4n) is 2.87. The first-order chi connectivity index (χ1) is 15.0. The normalized spacial score (nSPS) is 10.6. The Morgan fingerprint density at radius 2 is 1.87 bits per heavy atom. The van der Waals surface area contributed by atoms with Crippen LogP contribution < -0.4 is 10.6 Å². The number of thiazole rings is 1. The van der Waals surface area contributed by atoms with Gasteiger partial charge in [-0.2, -0.15) is 0 Å².